The number of hydrogen-bond donors (Lipinski definition) is 2. The van der Waals surface area contributed by atoms with E-state index < -0.39 is 0 Å². The van der Waals surface area contributed by atoms with E-state index in [0.29, 0.717) is 6.61 Å². The summed E-state index contributed by atoms with van der Waals surface area (Å²) < 4.78 is 5.80. The lowest BCUT2D eigenvalue weighted by Gasteiger charge is -2.26. The fraction of sp³-hybridized carbons (Fsp3) is 0.650. The molecule has 6 nitrogen and oxygen atoms in total. The van der Waals surface area contributed by atoms with E-state index in [4.69, 9.17) is 4.74 Å². The number of likely N-dealkylation sites (tertiary alicyclic amines) is 1. The number of nitrogens with one attached hydrogen (secondary N) is 2. The van der Waals surface area contributed by atoms with Gasteiger partial charge in [-0.3, -0.25) is 4.99 Å². The first kappa shape index (κ1) is 20.5. The highest BCUT2D eigenvalue weighted by Crippen LogP contribution is 2.13. The van der Waals surface area contributed by atoms with Crippen LogP contribution in [0.4, 0.5) is 0 Å². The summed E-state index contributed by atoms with van der Waals surface area (Å²) in [6.07, 6.45) is 4.05. The quantitative estimate of drug-likeness (QED) is 0.519. The first-order chi connectivity index (χ1) is 12.7. The van der Waals surface area contributed by atoms with Crippen molar-refractivity contribution in [3.8, 4) is 5.75 Å². The van der Waals surface area contributed by atoms with Crippen molar-refractivity contribution in [1.29, 1.82) is 0 Å². The molecule has 0 radical (unpaired) electrons. The molecule has 1 fully saturated rings. The topological polar surface area (TPSA) is 52.1 Å². The van der Waals surface area contributed by atoms with E-state index in [0.717, 1.165) is 37.9 Å². The van der Waals surface area contributed by atoms with Crippen molar-refractivity contribution in [3.05, 3.63) is 29.8 Å². The van der Waals surface area contributed by atoms with E-state index in [1.54, 1.807) is 0 Å². The maximum absolute atomic E-state index is 5.80. The van der Waals surface area contributed by atoms with Crippen molar-refractivity contribution in [2.45, 2.75) is 25.8 Å². The Morgan fingerprint density at radius 2 is 2.00 bits per heavy atom. The van der Waals surface area contributed by atoms with Crippen LogP contribution in [0.5, 0.6) is 5.75 Å². The second kappa shape index (κ2) is 11.8. The fourth-order valence-electron chi connectivity index (χ4n) is 3.01. The van der Waals surface area contributed by atoms with Gasteiger partial charge in [0.25, 0.3) is 0 Å². The van der Waals surface area contributed by atoms with Crippen LogP contribution in [0.1, 0.15) is 24.8 Å². The lowest BCUT2D eigenvalue weighted by atomic mass is 10.1. The molecule has 0 aromatic heterocycles. The van der Waals surface area contributed by atoms with Crippen LogP contribution in [0.2, 0.25) is 0 Å². The normalized spacial score (nSPS) is 15.9. The van der Waals surface area contributed by atoms with Crippen molar-refractivity contribution < 1.29 is 4.74 Å². The average molecular weight is 362 g/mol. The molecule has 2 rings (SSSR count). The molecule has 1 aromatic carbocycles. The van der Waals surface area contributed by atoms with E-state index in [1.165, 1.54) is 37.9 Å². The summed E-state index contributed by atoms with van der Waals surface area (Å²) in [5.74, 6) is 1.76. The highest BCUT2D eigenvalue weighted by molar-refractivity contribution is 5.79. The summed E-state index contributed by atoms with van der Waals surface area (Å²) in [6.45, 7) is 6.81. The van der Waals surface area contributed by atoms with Gasteiger partial charge >= 0.3 is 0 Å². The van der Waals surface area contributed by atoms with Gasteiger partial charge in [0, 0.05) is 33.2 Å². The number of benzene rings is 1. The Morgan fingerprint density at radius 3 is 2.73 bits per heavy atom. The molecule has 1 saturated heterocycles. The van der Waals surface area contributed by atoms with Crippen molar-refractivity contribution in [2.75, 3.05) is 60.5 Å². The zero-order valence-electron chi connectivity index (χ0n) is 16.6. The summed E-state index contributed by atoms with van der Waals surface area (Å²) >= 11 is 0. The van der Waals surface area contributed by atoms with Crippen LogP contribution in [0.25, 0.3) is 0 Å². The molecular weight excluding hydrogens is 326 g/mol. The number of aliphatic imine (C=N–C) groups is 1. The molecule has 2 N–H and O–H groups in total. The van der Waals surface area contributed by atoms with Gasteiger partial charge in [-0.1, -0.05) is 18.6 Å². The third-order valence-corrected chi connectivity index (χ3v) is 4.56. The summed E-state index contributed by atoms with van der Waals surface area (Å²) in [5.41, 5.74) is 1.19. The maximum Gasteiger partial charge on any atom is 0.191 e. The fourth-order valence-corrected chi connectivity index (χ4v) is 3.01. The Balaban J connectivity index is 1.70. The maximum atomic E-state index is 5.80. The summed E-state index contributed by atoms with van der Waals surface area (Å²) in [4.78, 5) is 8.96. The van der Waals surface area contributed by atoms with E-state index >= 15 is 0 Å². The smallest absolute Gasteiger partial charge is 0.191 e. The molecule has 1 aromatic rings. The molecule has 0 atom stereocenters. The monoisotopic (exact) mass is 361 g/mol. The number of ether oxygens (including phenoxy) is 1. The highest BCUT2D eigenvalue weighted by atomic mass is 16.5. The zero-order valence-corrected chi connectivity index (χ0v) is 16.6. The number of likely N-dealkylation sites (N-methyl/N-ethyl adjacent to an activating group) is 1. The van der Waals surface area contributed by atoms with Crippen LogP contribution in [0.3, 0.4) is 0 Å². The van der Waals surface area contributed by atoms with Crippen LogP contribution < -0.4 is 15.4 Å². The van der Waals surface area contributed by atoms with Gasteiger partial charge in [-0.15, -0.1) is 0 Å². The summed E-state index contributed by atoms with van der Waals surface area (Å²) in [6, 6.07) is 8.23. The van der Waals surface area contributed by atoms with Gasteiger partial charge in [0.05, 0.1) is 0 Å². The van der Waals surface area contributed by atoms with Gasteiger partial charge in [-0.25, -0.2) is 0 Å². The van der Waals surface area contributed by atoms with Gasteiger partial charge < -0.3 is 25.2 Å². The molecule has 146 valence electrons. The number of hydrogen-bond acceptors (Lipinski definition) is 4. The van der Waals surface area contributed by atoms with Crippen LogP contribution >= 0.6 is 0 Å². The predicted molar refractivity (Wildman–Crippen MR) is 109 cm³/mol. The molecule has 1 aliphatic heterocycles. The van der Waals surface area contributed by atoms with Crippen molar-refractivity contribution in [1.82, 2.24) is 20.4 Å². The molecule has 6 heteroatoms. The Bertz CT molecular complexity index is 541. The van der Waals surface area contributed by atoms with Crippen molar-refractivity contribution in [3.63, 3.8) is 0 Å². The molecule has 1 heterocycles. The number of guanidine groups is 1. The van der Waals surface area contributed by atoms with E-state index in [1.807, 2.05) is 33.3 Å². The second-order valence-corrected chi connectivity index (χ2v) is 7.05. The van der Waals surface area contributed by atoms with Crippen molar-refractivity contribution >= 4 is 5.96 Å². The predicted octanol–water partition coefficient (Wildman–Crippen LogP) is 1.78. The van der Waals surface area contributed by atoms with Gasteiger partial charge in [0.1, 0.15) is 12.4 Å². The Hall–Kier alpha value is -1.79. The van der Waals surface area contributed by atoms with E-state index in [9.17, 15) is 0 Å². The lowest BCUT2D eigenvalue weighted by molar-refractivity contribution is 0.232. The largest absolute Gasteiger partial charge is 0.492 e. The van der Waals surface area contributed by atoms with Crippen LogP contribution in [-0.2, 0) is 6.54 Å². The molecule has 0 spiro atoms. The van der Waals surface area contributed by atoms with Crippen molar-refractivity contribution in [2.24, 2.45) is 4.99 Å². The van der Waals surface area contributed by atoms with Gasteiger partial charge in [0.15, 0.2) is 5.96 Å². The van der Waals surface area contributed by atoms with Gasteiger partial charge in [-0.2, -0.15) is 0 Å². The minimum Gasteiger partial charge on any atom is -0.492 e. The SMILES string of the molecule is CN=C(NCCN1CCCCC1)NCc1cccc(OCCN(C)C)c1. The zero-order chi connectivity index (χ0) is 18.6. The average Bonchev–Trinajstić information content (AvgIpc) is 2.65. The second-order valence-electron chi connectivity index (χ2n) is 7.05. The van der Waals surface area contributed by atoms with Gasteiger partial charge in [0.2, 0.25) is 0 Å². The number of piperidine rings is 1. The summed E-state index contributed by atoms with van der Waals surface area (Å²) in [5, 5.41) is 6.79. The first-order valence-electron chi connectivity index (χ1n) is 9.70. The summed E-state index contributed by atoms with van der Waals surface area (Å²) in [7, 11) is 5.91. The molecule has 0 saturated carbocycles. The van der Waals surface area contributed by atoms with Crippen LogP contribution in [0, 0.1) is 0 Å². The molecular formula is C20H35N5O. The number of rotatable bonds is 9. The highest BCUT2D eigenvalue weighted by Gasteiger charge is 2.09. The molecule has 0 amide bonds. The van der Waals surface area contributed by atoms with Crippen LogP contribution in [-0.4, -0.2) is 76.2 Å². The number of nitrogens with zero attached hydrogens (tertiary/aromatic N) is 3. The Labute approximate surface area is 158 Å². The molecule has 0 aliphatic carbocycles. The van der Waals surface area contributed by atoms with Crippen LogP contribution in [0.15, 0.2) is 29.3 Å². The van der Waals surface area contributed by atoms with E-state index in [-0.39, 0.29) is 0 Å². The standard InChI is InChI=1S/C20H35N5O/c1-21-20(22-10-13-25-11-5-4-6-12-25)23-17-18-8-7-9-19(16-18)26-15-14-24(2)3/h7-9,16H,4-6,10-15,17H2,1-3H3,(H2,21,22,23). The lowest BCUT2D eigenvalue weighted by Crippen LogP contribution is -2.42. The molecule has 0 unspecified atom stereocenters. The first-order valence-corrected chi connectivity index (χ1v) is 9.70. The van der Waals surface area contributed by atoms with Gasteiger partial charge in [-0.05, 0) is 57.7 Å². The minimum absolute atomic E-state index is 0.698. The Morgan fingerprint density at radius 1 is 1.19 bits per heavy atom. The molecule has 0 bridgehead atoms. The van der Waals surface area contributed by atoms with E-state index in [2.05, 4.69) is 37.6 Å². The molecule has 26 heavy (non-hydrogen) atoms. The third-order valence-electron chi connectivity index (χ3n) is 4.56. The Kier molecular flexibility index (Phi) is 9.28. The molecule has 1 aliphatic rings. The third kappa shape index (κ3) is 8.06. The minimum atomic E-state index is 0.698.